The van der Waals surface area contributed by atoms with E-state index in [1.165, 1.54) is 6.08 Å². The fourth-order valence-corrected chi connectivity index (χ4v) is 4.30. The fraction of sp³-hybridized carbons (Fsp3) is 0.115. The van der Waals surface area contributed by atoms with E-state index in [2.05, 4.69) is 21.2 Å². The number of benzene rings is 3. The van der Waals surface area contributed by atoms with Crippen molar-refractivity contribution in [2.24, 2.45) is 0 Å². The maximum absolute atomic E-state index is 13.1. The van der Waals surface area contributed by atoms with E-state index in [1.54, 1.807) is 24.3 Å². The Hall–Kier alpha value is -3.42. The smallest absolute Gasteiger partial charge is 0.335 e. The highest BCUT2D eigenvalue weighted by atomic mass is 79.9. The van der Waals surface area contributed by atoms with Gasteiger partial charge in [-0.15, -0.1) is 0 Å². The minimum atomic E-state index is -0.799. The Morgan fingerprint density at radius 2 is 1.74 bits per heavy atom. The van der Waals surface area contributed by atoms with Gasteiger partial charge in [0.2, 0.25) is 0 Å². The van der Waals surface area contributed by atoms with Gasteiger partial charge in [0.15, 0.2) is 0 Å². The predicted molar refractivity (Wildman–Crippen MR) is 135 cm³/mol. The molecule has 0 unspecified atom stereocenters. The number of hydrogen-bond donors (Lipinski definition) is 1. The third-order valence-corrected chi connectivity index (χ3v) is 6.34. The molecule has 3 aromatic carbocycles. The molecule has 0 aromatic heterocycles. The molecule has 1 heterocycles. The van der Waals surface area contributed by atoms with Crippen LogP contribution in [0.25, 0.3) is 6.08 Å². The van der Waals surface area contributed by atoms with Crippen molar-refractivity contribution >= 4 is 57.1 Å². The van der Waals surface area contributed by atoms with Crippen LogP contribution in [0.15, 0.2) is 76.8 Å². The summed E-state index contributed by atoms with van der Waals surface area (Å²) in [6.07, 6.45) is 2.09. The van der Waals surface area contributed by atoms with Gasteiger partial charge in [0.05, 0.1) is 12.3 Å². The van der Waals surface area contributed by atoms with E-state index >= 15 is 0 Å². The van der Waals surface area contributed by atoms with Crippen LogP contribution in [0.5, 0.6) is 5.75 Å². The highest BCUT2D eigenvalue weighted by Crippen LogP contribution is 2.28. The number of imide groups is 2. The molecule has 1 saturated heterocycles. The second-order valence-electron chi connectivity index (χ2n) is 7.50. The lowest BCUT2D eigenvalue weighted by atomic mass is 10.0. The number of nitrogens with zero attached hydrogens (tertiary/aromatic N) is 1. The van der Waals surface area contributed by atoms with Gasteiger partial charge in [-0.25, -0.2) is 9.69 Å². The number of ether oxygens (including phenoxy) is 1. The van der Waals surface area contributed by atoms with Crippen molar-refractivity contribution in [1.29, 1.82) is 0 Å². The average molecular weight is 540 g/mol. The van der Waals surface area contributed by atoms with Crippen molar-refractivity contribution in [3.05, 3.63) is 98.5 Å². The first-order valence-corrected chi connectivity index (χ1v) is 11.7. The molecule has 6 nitrogen and oxygen atoms in total. The van der Waals surface area contributed by atoms with Gasteiger partial charge >= 0.3 is 6.03 Å². The number of carbonyl (C=O) groups excluding carboxylic acids is 3. The normalized spacial score (nSPS) is 15.0. The zero-order valence-corrected chi connectivity index (χ0v) is 20.5. The molecular formula is C26H20BrClN2O4. The van der Waals surface area contributed by atoms with Crippen LogP contribution < -0.4 is 15.0 Å². The lowest BCUT2D eigenvalue weighted by Gasteiger charge is -2.26. The highest BCUT2D eigenvalue weighted by Gasteiger charge is 2.36. The third kappa shape index (κ3) is 5.05. The van der Waals surface area contributed by atoms with E-state index in [9.17, 15) is 14.4 Å². The SMILES string of the molecule is CCOc1ccc(N2C(=O)NC(=O)/C(=C\c3ccc(Cc4ccccc4Cl)c(Br)c3)C2=O)cc1. The van der Waals surface area contributed by atoms with Crippen LogP contribution in [0.4, 0.5) is 10.5 Å². The Balaban J connectivity index is 1.60. The fourth-order valence-electron chi connectivity index (χ4n) is 3.56. The molecule has 1 fully saturated rings. The molecule has 34 heavy (non-hydrogen) atoms. The molecule has 172 valence electrons. The topological polar surface area (TPSA) is 75.7 Å². The molecule has 1 aliphatic rings. The summed E-state index contributed by atoms with van der Waals surface area (Å²) >= 11 is 9.84. The number of urea groups is 1. The zero-order chi connectivity index (χ0) is 24.2. The molecule has 4 amide bonds. The van der Waals surface area contributed by atoms with Crippen molar-refractivity contribution in [1.82, 2.24) is 5.32 Å². The summed E-state index contributed by atoms with van der Waals surface area (Å²) in [5.41, 5.74) is 2.82. The summed E-state index contributed by atoms with van der Waals surface area (Å²) < 4.78 is 6.21. The molecule has 0 radical (unpaired) electrons. The Morgan fingerprint density at radius 3 is 2.41 bits per heavy atom. The molecule has 8 heteroatoms. The Bertz CT molecular complexity index is 1300. The number of amides is 4. The van der Waals surface area contributed by atoms with Crippen LogP contribution in [0.2, 0.25) is 5.02 Å². The largest absolute Gasteiger partial charge is 0.494 e. The molecule has 0 bridgehead atoms. The van der Waals surface area contributed by atoms with Crippen molar-refractivity contribution < 1.29 is 19.1 Å². The molecule has 0 saturated carbocycles. The molecule has 0 atom stereocenters. The first-order chi connectivity index (χ1) is 16.4. The Kier molecular flexibility index (Phi) is 7.14. The van der Waals surface area contributed by atoms with E-state index in [0.29, 0.717) is 35.1 Å². The van der Waals surface area contributed by atoms with Crippen LogP contribution >= 0.6 is 27.5 Å². The van der Waals surface area contributed by atoms with Gasteiger partial charge in [-0.2, -0.15) is 0 Å². The summed E-state index contributed by atoms with van der Waals surface area (Å²) in [4.78, 5) is 38.9. The molecule has 4 rings (SSSR count). The number of nitrogens with one attached hydrogen (secondary N) is 1. The lowest BCUT2D eigenvalue weighted by Crippen LogP contribution is -2.54. The quantitative estimate of drug-likeness (QED) is 0.319. The van der Waals surface area contributed by atoms with Gasteiger partial charge in [-0.05, 0) is 66.1 Å². The van der Waals surface area contributed by atoms with Crippen molar-refractivity contribution in [2.45, 2.75) is 13.3 Å². The van der Waals surface area contributed by atoms with Crippen molar-refractivity contribution in [3.63, 3.8) is 0 Å². The average Bonchev–Trinajstić information content (AvgIpc) is 2.81. The summed E-state index contributed by atoms with van der Waals surface area (Å²) in [6, 6.07) is 18.8. The summed E-state index contributed by atoms with van der Waals surface area (Å²) in [6.45, 7) is 2.36. The number of barbiturate groups is 1. The molecule has 3 aromatic rings. The number of rotatable bonds is 6. The number of halogens is 2. The second kappa shape index (κ2) is 10.2. The van der Waals surface area contributed by atoms with E-state index in [0.717, 1.165) is 20.5 Å². The first kappa shape index (κ1) is 23.7. The van der Waals surface area contributed by atoms with Gasteiger partial charge in [0.25, 0.3) is 11.8 Å². The molecule has 1 N–H and O–H groups in total. The maximum atomic E-state index is 13.1. The van der Waals surface area contributed by atoms with Crippen molar-refractivity contribution in [3.8, 4) is 5.75 Å². The number of carbonyl (C=O) groups is 3. The molecular weight excluding hydrogens is 520 g/mol. The molecule has 0 spiro atoms. The van der Waals surface area contributed by atoms with Gasteiger partial charge in [-0.3, -0.25) is 14.9 Å². The standard InChI is InChI=1S/C26H20BrClN2O4/c1-2-34-20-11-9-19(10-12-20)30-25(32)21(24(31)29-26(30)33)13-16-7-8-17(22(27)14-16)15-18-5-3-4-6-23(18)28/h3-14H,2,15H2,1H3,(H,29,31,33)/b21-13+. The van der Waals surface area contributed by atoms with Gasteiger partial charge < -0.3 is 4.74 Å². The van der Waals surface area contributed by atoms with Crippen LogP contribution in [0, 0.1) is 0 Å². The van der Waals surface area contributed by atoms with E-state index in [4.69, 9.17) is 16.3 Å². The molecule has 0 aliphatic carbocycles. The van der Waals surface area contributed by atoms with Crippen LogP contribution in [-0.4, -0.2) is 24.5 Å². The Labute approximate surface area is 210 Å². The van der Waals surface area contributed by atoms with E-state index in [-0.39, 0.29) is 5.57 Å². The number of anilines is 1. The maximum Gasteiger partial charge on any atom is 0.335 e. The second-order valence-corrected chi connectivity index (χ2v) is 8.77. The minimum Gasteiger partial charge on any atom is -0.494 e. The van der Waals surface area contributed by atoms with Crippen LogP contribution in [0.1, 0.15) is 23.6 Å². The van der Waals surface area contributed by atoms with Gasteiger partial charge in [-0.1, -0.05) is 57.9 Å². The number of hydrogen-bond acceptors (Lipinski definition) is 4. The third-order valence-electron chi connectivity index (χ3n) is 5.23. The first-order valence-electron chi connectivity index (χ1n) is 10.5. The van der Waals surface area contributed by atoms with E-state index < -0.39 is 17.8 Å². The lowest BCUT2D eigenvalue weighted by molar-refractivity contribution is -0.122. The summed E-state index contributed by atoms with van der Waals surface area (Å²) in [5.74, 6) is -0.827. The Morgan fingerprint density at radius 1 is 1.00 bits per heavy atom. The van der Waals surface area contributed by atoms with E-state index in [1.807, 2.05) is 49.4 Å². The van der Waals surface area contributed by atoms with Gasteiger partial charge in [0, 0.05) is 15.9 Å². The predicted octanol–water partition coefficient (Wildman–Crippen LogP) is 5.76. The molecule has 1 aliphatic heterocycles. The zero-order valence-electron chi connectivity index (χ0n) is 18.2. The summed E-state index contributed by atoms with van der Waals surface area (Å²) in [5, 5.41) is 2.92. The minimum absolute atomic E-state index is 0.140. The van der Waals surface area contributed by atoms with Crippen LogP contribution in [0.3, 0.4) is 0 Å². The van der Waals surface area contributed by atoms with Crippen LogP contribution in [-0.2, 0) is 16.0 Å². The summed E-state index contributed by atoms with van der Waals surface area (Å²) in [7, 11) is 0. The monoisotopic (exact) mass is 538 g/mol. The van der Waals surface area contributed by atoms with Crippen molar-refractivity contribution in [2.75, 3.05) is 11.5 Å². The highest BCUT2D eigenvalue weighted by molar-refractivity contribution is 9.10. The van der Waals surface area contributed by atoms with Gasteiger partial charge in [0.1, 0.15) is 11.3 Å².